The van der Waals surface area contributed by atoms with Gasteiger partial charge in [0.25, 0.3) is 0 Å². The summed E-state index contributed by atoms with van der Waals surface area (Å²) in [5, 5.41) is 2.82. The van der Waals surface area contributed by atoms with Crippen LogP contribution in [0, 0.1) is 6.92 Å². The van der Waals surface area contributed by atoms with Crippen molar-refractivity contribution in [2.45, 2.75) is 13.3 Å². The van der Waals surface area contributed by atoms with Gasteiger partial charge in [0.05, 0.1) is 31.5 Å². The molecule has 2 aromatic carbocycles. The van der Waals surface area contributed by atoms with Gasteiger partial charge in [0.2, 0.25) is 11.8 Å². The molecule has 1 heterocycles. The number of nitrogens with one attached hydrogen (secondary N) is 1. The molecule has 0 fully saturated rings. The number of para-hydroxylation sites is 2. The number of amides is 2. The quantitative estimate of drug-likeness (QED) is 0.929. The Labute approximate surface area is 146 Å². The van der Waals surface area contributed by atoms with Gasteiger partial charge in [0.1, 0.15) is 18.0 Å². The third kappa shape index (κ3) is 3.74. The number of rotatable bonds is 4. The van der Waals surface area contributed by atoms with Gasteiger partial charge in [-0.15, -0.1) is 0 Å². The summed E-state index contributed by atoms with van der Waals surface area (Å²) in [5.74, 6) is 0.740. The zero-order chi connectivity index (χ0) is 17.8. The standard InChI is InChI=1S/C19H20N2O4/c1-13-7-8-16(24-2)14(11-13)20-18(22)12-21-15-5-3-4-6-17(15)25-10-9-19(21)23/h3-8,11H,9-10,12H2,1-2H3,(H,20,22). The number of methoxy groups -OCH3 is 1. The lowest BCUT2D eigenvalue weighted by atomic mass is 10.2. The first kappa shape index (κ1) is 16.8. The van der Waals surface area contributed by atoms with Gasteiger partial charge in [-0.1, -0.05) is 18.2 Å². The number of carbonyl (C=O) groups excluding carboxylic acids is 2. The molecule has 0 saturated carbocycles. The van der Waals surface area contributed by atoms with E-state index >= 15 is 0 Å². The van der Waals surface area contributed by atoms with Crippen LogP contribution in [0.1, 0.15) is 12.0 Å². The molecule has 0 radical (unpaired) electrons. The highest BCUT2D eigenvalue weighted by molar-refractivity contribution is 6.04. The van der Waals surface area contributed by atoms with E-state index in [1.165, 1.54) is 4.90 Å². The van der Waals surface area contributed by atoms with Gasteiger partial charge in [-0.25, -0.2) is 0 Å². The van der Waals surface area contributed by atoms with E-state index in [1.807, 2.05) is 31.2 Å². The third-order valence-electron chi connectivity index (χ3n) is 3.96. The molecule has 0 aromatic heterocycles. The number of aryl methyl sites for hydroxylation is 1. The van der Waals surface area contributed by atoms with E-state index < -0.39 is 0 Å². The van der Waals surface area contributed by atoms with Crippen LogP contribution < -0.4 is 19.7 Å². The maximum Gasteiger partial charge on any atom is 0.244 e. The molecule has 6 nitrogen and oxygen atoms in total. The zero-order valence-corrected chi connectivity index (χ0v) is 14.2. The number of anilines is 2. The summed E-state index contributed by atoms with van der Waals surface area (Å²) < 4.78 is 10.9. The molecule has 6 heteroatoms. The predicted molar refractivity (Wildman–Crippen MR) is 95.3 cm³/mol. The number of nitrogens with zero attached hydrogens (tertiary/aromatic N) is 1. The van der Waals surface area contributed by atoms with Crippen molar-refractivity contribution in [3.63, 3.8) is 0 Å². The first-order valence-corrected chi connectivity index (χ1v) is 8.05. The Hall–Kier alpha value is -3.02. The monoisotopic (exact) mass is 340 g/mol. The summed E-state index contributed by atoms with van der Waals surface area (Å²) in [6.07, 6.45) is 0.232. The summed E-state index contributed by atoms with van der Waals surface area (Å²) in [5.41, 5.74) is 2.19. The minimum atomic E-state index is -0.297. The average Bonchev–Trinajstić information content (AvgIpc) is 2.75. The van der Waals surface area contributed by atoms with E-state index in [4.69, 9.17) is 9.47 Å². The highest BCUT2D eigenvalue weighted by atomic mass is 16.5. The first-order chi connectivity index (χ1) is 12.1. The number of hydrogen-bond acceptors (Lipinski definition) is 4. The van der Waals surface area contributed by atoms with Crippen LogP contribution in [0.15, 0.2) is 42.5 Å². The van der Waals surface area contributed by atoms with E-state index in [1.54, 1.807) is 25.3 Å². The molecule has 1 aliphatic heterocycles. The number of fused-ring (bicyclic) bond motifs is 1. The fraction of sp³-hybridized carbons (Fsp3) is 0.263. The van der Waals surface area contributed by atoms with Crippen molar-refractivity contribution in [3.8, 4) is 11.5 Å². The Balaban J connectivity index is 1.81. The van der Waals surface area contributed by atoms with Crippen molar-refractivity contribution in [1.29, 1.82) is 0 Å². The highest BCUT2D eigenvalue weighted by Crippen LogP contribution is 2.31. The first-order valence-electron chi connectivity index (χ1n) is 8.05. The second kappa shape index (κ2) is 7.25. The van der Waals surface area contributed by atoms with Gasteiger partial charge in [-0.05, 0) is 36.8 Å². The Morgan fingerprint density at radius 3 is 2.88 bits per heavy atom. The van der Waals surface area contributed by atoms with E-state index in [-0.39, 0.29) is 24.8 Å². The topological polar surface area (TPSA) is 67.9 Å². The molecule has 0 aliphatic carbocycles. The Morgan fingerprint density at radius 1 is 1.28 bits per heavy atom. The van der Waals surface area contributed by atoms with Gasteiger partial charge in [0.15, 0.2) is 0 Å². The SMILES string of the molecule is COc1ccc(C)cc1NC(=O)CN1C(=O)CCOc2ccccc21. The molecule has 2 amide bonds. The molecular weight excluding hydrogens is 320 g/mol. The second-order valence-corrected chi connectivity index (χ2v) is 5.80. The van der Waals surface area contributed by atoms with Crippen molar-refractivity contribution < 1.29 is 19.1 Å². The molecule has 1 N–H and O–H groups in total. The van der Waals surface area contributed by atoms with Crippen LogP contribution in [0.25, 0.3) is 0 Å². The van der Waals surface area contributed by atoms with E-state index in [2.05, 4.69) is 5.32 Å². The lowest BCUT2D eigenvalue weighted by Crippen LogP contribution is -2.37. The molecule has 0 unspecified atom stereocenters. The van der Waals surface area contributed by atoms with Crippen LogP contribution in [0.3, 0.4) is 0 Å². The molecule has 3 rings (SSSR count). The normalized spacial score (nSPS) is 13.5. The van der Waals surface area contributed by atoms with Crippen LogP contribution in [-0.2, 0) is 9.59 Å². The van der Waals surface area contributed by atoms with Crippen molar-refractivity contribution in [3.05, 3.63) is 48.0 Å². The molecule has 2 aromatic rings. The second-order valence-electron chi connectivity index (χ2n) is 5.80. The van der Waals surface area contributed by atoms with Crippen molar-refractivity contribution in [1.82, 2.24) is 0 Å². The van der Waals surface area contributed by atoms with Gasteiger partial charge in [0, 0.05) is 0 Å². The van der Waals surface area contributed by atoms with Gasteiger partial charge in [-0.3, -0.25) is 14.5 Å². The summed E-state index contributed by atoms with van der Waals surface area (Å²) in [6, 6.07) is 12.8. The van der Waals surface area contributed by atoms with Crippen molar-refractivity contribution >= 4 is 23.2 Å². The number of hydrogen-bond donors (Lipinski definition) is 1. The number of carbonyl (C=O) groups is 2. The fourth-order valence-corrected chi connectivity index (χ4v) is 2.75. The van der Waals surface area contributed by atoms with Gasteiger partial charge < -0.3 is 14.8 Å². The van der Waals surface area contributed by atoms with Crippen LogP contribution in [-0.4, -0.2) is 32.1 Å². The zero-order valence-electron chi connectivity index (χ0n) is 14.2. The van der Waals surface area contributed by atoms with Crippen LogP contribution >= 0.6 is 0 Å². The molecule has 25 heavy (non-hydrogen) atoms. The Bertz CT molecular complexity index is 804. The smallest absolute Gasteiger partial charge is 0.244 e. The third-order valence-corrected chi connectivity index (χ3v) is 3.96. The Morgan fingerprint density at radius 2 is 2.08 bits per heavy atom. The molecule has 130 valence electrons. The molecule has 0 bridgehead atoms. The van der Waals surface area contributed by atoms with Gasteiger partial charge >= 0.3 is 0 Å². The number of benzene rings is 2. The molecule has 0 spiro atoms. The fourth-order valence-electron chi connectivity index (χ4n) is 2.75. The van der Waals surface area contributed by atoms with E-state index in [0.717, 1.165) is 5.56 Å². The van der Waals surface area contributed by atoms with Crippen molar-refractivity contribution in [2.75, 3.05) is 30.5 Å². The van der Waals surface area contributed by atoms with E-state index in [0.29, 0.717) is 29.5 Å². The van der Waals surface area contributed by atoms with Crippen LogP contribution in [0.4, 0.5) is 11.4 Å². The predicted octanol–water partition coefficient (Wildman–Crippen LogP) is 2.76. The van der Waals surface area contributed by atoms with Gasteiger partial charge in [-0.2, -0.15) is 0 Å². The van der Waals surface area contributed by atoms with Crippen molar-refractivity contribution in [2.24, 2.45) is 0 Å². The average molecular weight is 340 g/mol. The molecular formula is C19H20N2O4. The van der Waals surface area contributed by atoms with E-state index in [9.17, 15) is 9.59 Å². The summed E-state index contributed by atoms with van der Waals surface area (Å²) >= 11 is 0. The maximum absolute atomic E-state index is 12.5. The Kier molecular flexibility index (Phi) is 4.88. The lowest BCUT2D eigenvalue weighted by molar-refractivity contribution is -0.121. The summed E-state index contributed by atoms with van der Waals surface area (Å²) in [7, 11) is 1.55. The highest BCUT2D eigenvalue weighted by Gasteiger charge is 2.25. The number of ether oxygens (including phenoxy) is 2. The minimum absolute atomic E-state index is 0.0870. The molecule has 0 atom stereocenters. The molecule has 1 aliphatic rings. The van der Waals surface area contributed by atoms with Crippen LogP contribution in [0.2, 0.25) is 0 Å². The lowest BCUT2D eigenvalue weighted by Gasteiger charge is -2.21. The maximum atomic E-state index is 12.5. The van der Waals surface area contributed by atoms with Crippen LogP contribution in [0.5, 0.6) is 11.5 Å². The minimum Gasteiger partial charge on any atom is -0.495 e. The summed E-state index contributed by atoms with van der Waals surface area (Å²) in [4.78, 5) is 26.4. The largest absolute Gasteiger partial charge is 0.495 e. The summed E-state index contributed by atoms with van der Waals surface area (Å²) in [6.45, 7) is 2.15. The molecule has 0 saturated heterocycles.